The Hall–Kier alpha value is -1.89. The Morgan fingerprint density at radius 2 is 1.93 bits per heavy atom. The maximum atomic E-state index is 12.9. The van der Waals surface area contributed by atoms with E-state index in [1.54, 1.807) is 14.2 Å². The van der Waals surface area contributed by atoms with Gasteiger partial charge in [-0.25, -0.2) is 0 Å². The maximum Gasteiger partial charge on any atom is 0.265 e. The molecular weight excluding hydrogens is 372 g/mol. The lowest BCUT2D eigenvalue weighted by atomic mass is 10.0. The maximum absolute atomic E-state index is 12.9. The molecule has 152 valence electrons. The summed E-state index contributed by atoms with van der Waals surface area (Å²) in [5.74, 6) is 0.625. The molecule has 2 heterocycles. The summed E-state index contributed by atoms with van der Waals surface area (Å²) in [6.45, 7) is 4.02. The molecule has 1 aliphatic heterocycles. The molecular formula is C22H30N2O3S. The molecule has 5 nitrogen and oxygen atoms in total. The zero-order valence-corrected chi connectivity index (χ0v) is 17.6. The Labute approximate surface area is 171 Å². The Kier molecular flexibility index (Phi) is 7.89. The zero-order valence-electron chi connectivity index (χ0n) is 16.8. The van der Waals surface area contributed by atoms with Gasteiger partial charge in [-0.05, 0) is 43.9 Å². The van der Waals surface area contributed by atoms with Gasteiger partial charge in [-0.1, -0.05) is 30.3 Å². The Morgan fingerprint density at radius 3 is 2.61 bits per heavy atom. The third-order valence-corrected chi connectivity index (χ3v) is 6.34. The zero-order chi connectivity index (χ0) is 19.8. The Balaban J connectivity index is 1.53. The number of amides is 1. The van der Waals surface area contributed by atoms with Gasteiger partial charge in [-0.15, -0.1) is 11.3 Å². The molecule has 0 unspecified atom stereocenters. The highest BCUT2D eigenvalue weighted by atomic mass is 32.1. The molecule has 0 radical (unpaired) electrons. The second kappa shape index (κ2) is 10.6. The SMILES string of the molecule is COCCCCN1CCC(NC(=O)c2sc(-c3ccccc3)cc2OC)CC1. The van der Waals surface area contributed by atoms with Crippen molar-refractivity contribution in [3.05, 3.63) is 41.3 Å². The summed E-state index contributed by atoms with van der Waals surface area (Å²) in [4.78, 5) is 17.0. The highest BCUT2D eigenvalue weighted by Gasteiger charge is 2.24. The van der Waals surface area contributed by atoms with Gasteiger partial charge in [0, 0.05) is 37.7 Å². The van der Waals surface area contributed by atoms with E-state index in [4.69, 9.17) is 9.47 Å². The van der Waals surface area contributed by atoms with Gasteiger partial charge in [-0.2, -0.15) is 0 Å². The number of carbonyl (C=O) groups is 1. The lowest BCUT2D eigenvalue weighted by Crippen LogP contribution is -2.44. The number of methoxy groups -OCH3 is 2. The average Bonchev–Trinajstić information content (AvgIpc) is 3.18. The quantitative estimate of drug-likeness (QED) is 0.643. The normalized spacial score (nSPS) is 15.5. The smallest absolute Gasteiger partial charge is 0.265 e. The number of benzene rings is 1. The first-order valence-electron chi connectivity index (χ1n) is 9.96. The molecule has 6 heteroatoms. The summed E-state index contributed by atoms with van der Waals surface area (Å²) in [7, 11) is 3.37. The summed E-state index contributed by atoms with van der Waals surface area (Å²) >= 11 is 1.49. The van der Waals surface area contributed by atoms with Crippen LogP contribution in [0.15, 0.2) is 36.4 Å². The Bertz CT molecular complexity index is 739. The van der Waals surface area contributed by atoms with E-state index < -0.39 is 0 Å². The van der Waals surface area contributed by atoms with E-state index in [1.165, 1.54) is 17.8 Å². The van der Waals surface area contributed by atoms with Crippen molar-refractivity contribution in [3.63, 3.8) is 0 Å². The van der Waals surface area contributed by atoms with Crippen LogP contribution < -0.4 is 10.1 Å². The van der Waals surface area contributed by atoms with E-state index in [0.717, 1.165) is 55.9 Å². The molecule has 1 aromatic carbocycles. The number of piperidine rings is 1. The number of thiophene rings is 1. The van der Waals surface area contributed by atoms with Crippen LogP contribution in [0.25, 0.3) is 10.4 Å². The van der Waals surface area contributed by atoms with Crippen LogP contribution in [0, 0.1) is 0 Å². The van der Waals surface area contributed by atoms with E-state index in [2.05, 4.69) is 22.3 Å². The van der Waals surface area contributed by atoms with Crippen molar-refractivity contribution in [2.24, 2.45) is 0 Å². The molecule has 0 atom stereocenters. The summed E-state index contributed by atoms with van der Waals surface area (Å²) in [6, 6.07) is 12.3. The number of likely N-dealkylation sites (tertiary alicyclic amines) is 1. The monoisotopic (exact) mass is 402 g/mol. The lowest BCUT2D eigenvalue weighted by molar-refractivity contribution is 0.0911. The second-order valence-electron chi connectivity index (χ2n) is 7.16. The summed E-state index contributed by atoms with van der Waals surface area (Å²) in [5.41, 5.74) is 1.10. The van der Waals surface area contributed by atoms with Crippen molar-refractivity contribution in [2.45, 2.75) is 31.7 Å². The largest absolute Gasteiger partial charge is 0.495 e. The van der Waals surface area contributed by atoms with Crippen LogP contribution in [0.3, 0.4) is 0 Å². The number of hydrogen-bond donors (Lipinski definition) is 1. The van der Waals surface area contributed by atoms with Crippen molar-refractivity contribution in [3.8, 4) is 16.2 Å². The molecule has 3 rings (SSSR count). The van der Waals surface area contributed by atoms with Gasteiger partial charge in [0.15, 0.2) is 0 Å². The fourth-order valence-corrected chi connectivity index (χ4v) is 4.60. The summed E-state index contributed by atoms with van der Waals surface area (Å²) < 4.78 is 10.6. The van der Waals surface area contributed by atoms with Crippen LogP contribution in [-0.2, 0) is 4.74 Å². The fourth-order valence-electron chi connectivity index (χ4n) is 3.56. The molecule has 1 fully saturated rings. The van der Waals surface area contributed by atoms with Gasteiger partial charge < -0.3 is 19.7 Å². The van der Waals surface area contributed by atoms with E-state index in [1.807, 2.05) is 24.3 Å². The highest BCUT2D eigenvalue weighted by molar-refractivity contribution is 7.17. The third-order valence-electron chi connectivity index (χ3n) is 5.18. The fraction of sp³-hybridized carbons (Fsp3) is 0.500. The third kappa shape index (κ3) is 5.56. The van der Waals surface area contributed by atoms with Crippen molar-refractivity contribution < 1.29 is 14.3 Å². The molecule has 2 aromatic rings. The van der Waals surface area contributed by atoms with Crippen LogP contribution in [0.4, 0.5) is 0 Å². The molecule has 0 bridgehead atoms. The van der Waals surface area contributed by atoms with E-state index in [9.17, 15) is 4.79 Å². The number of rotatable bonds is 9. The minimum absolute atomic E-state index is 0.0254. The van der Waals surface area contributed by atoms with Crippen LogP contribution in [0.1, 0.15) is 35.4 Å². The molecule has 1 aromatic heterocycles. The van der Waals surface area contributed by atoms with Gasteiger partial charge in [0.1, 0.15) is 10.6 Å². The van der Waals surface area contributed by atoms with Gasteiger partial charge in [-0.3, -0.25) is 4.79 Å². The molecule has 1 amide bonds. The van der Waals surface area contributed by atoms with Crippen LogP contribution in [0.2, 0.25) is 0 Å². The predicted molar refractivity (Wildman–Crippen MR) is 114 cm³/mol. The first-order valence-corrected chi connectivity index (χ1v) is 10.8. The average molecular weight is 403 g/mol. The minimum Gasteiger partial charge on any atom is -0.495 e. The number of unbranched alkanes of at least 4 members (excludes halogenated alkanes) is 1. The van der Waals surface area contributed by atoms with E-state index >= 15 is 0 Å². The van der Waals surface area contributed by atoms with Crippen LogP contribution >= 0.6 is 11.3 Å². The molecule has 1 aliphatic rings. The van der Waals surface area contributed by atoms with Gasteiger partial charge >= 0.3 is 0 Å². The standard InChI is InChI=1S/C22H30N2O3S/c1-26-15-7-6-12-24-13-10-18(11-14-24)23-22(25)21-19(27-2)16-20(28-21)17-8-4-3-5-9-17/h3-5,8-9,16,18H,6-7,10-15H2,1-2H3,(H,23,25). The Morgan fingerprint density at radius 1 is 1.18 bits per heavy atom. The van der Waals surface area contributed by atoms with E-state index in [-0.39, 0.29) is 11.9 Å². The first-order chi connectivity index (χ1) is 13.7. The molecule has 0 spiro atoms. The van der Waals surface area contributed by atoms with Crippen molar-refractivity contribution in [2.75, 3.05) is 40.5 Å². The molecule has 0 aliphatic carbocycles. The number of carbonyl (C=O) groups excluding carboxylic acids is 1. The lowest BCUT2D eigenvalue weighted by Gasteiger charge is -2.32. The van der Waals surface area contributed by atoms with Crippen molar-refractivity contribution in [1.82, 2.24) is 10.2 Å². The van der Waals surface area contributed by atoms with Crippen LogP contribution in [0.5, 0.6) is 5.75 Å². The van der Waals surface area contributed by atoms with Crippen molar-refractivity contribution >= 4 is 17.2 Å². The minimum atomic E-state index is -0.0254. The number of ether oxygens (including phenoxy) is 2. The highest BCUT2D eigenvalue weighted by Crippen LogP contribution is 2.36. The number of nitrogens with one attached hydrogen (secondary N) is 1. The van der Waals surface area contributed by atoms with Gasteiger partial charge in [0.25, 0.3) is 5.91 Å². The molecule has 28 heavy (non-hydrogen) atoms. The van der Waals surface area contributed by atoms with Gasteiger partial charge in [0.2, 0.25) is 0 Å². The second-order valence-corrected chi connectivity index (χ2v) is 8.22. The van der Waals surface area contributed by atoms with E-state index in [0.29, 0.717) is 10.6 Å². The van der Waals surface area contributed by atoms with Gasteiger partial charge in [0.05, 0.1) is 7.11 Å². The summed E-state index contributed by atoms with van der Waals surface area (Å²) in [5, 5.41) is 3.22. The first kappa shape index (κ1) is 20.8. The molecule has 0 saturated carbocycles. The molecule has 1 saturated heterocycles. The predicted octanol–water partition coefficient (Wildman–Crippen LogP) is 4.04. The topological polar surface area (TPSA) is 50.8 Å². The van der Waals surface area contributed by atoms with Crippen molar-refractivity contribution in [1.29, 1.82) is 0 Å². The number of nitrogens with zero attached hydrogens (tertiary/aromatic N) is 1. The summed E-state index contributed by atoms with van der Waals surface area (Å²) in [6.07, 6.45) is 4.26. The molecule has 1 N–H and O–H groups in total. The number of hydrogen-bond acceptors (Lipinski definition) is 5. The van der Waals surface area contributed by atoms with Crippen LogP contribution in [-0.4, -0.2) is 57.3 Å².